The Kier molecular flexibility index (Phi) is 4.16. The molecule has 2 heterocycles. The second-order valence-electron chi connectivity index (χ2n) is 5.07. The molecule has 0 saturated carbocycles. The van der Waals surface area contributed by atoms with E-state index in [-0.39, 0.29) is 12.0 Å². The van der Waals surface area contributed by atoms with Crippen LogP contribution in [0.1, 0.15) is 32.1 Å². The third kappa shape index (κ3) is 2.93. The minimum Gasteiger partial charge on any atom is -0.468 e. The van der Waals surface area contributed by atoms with Crippen LogP contribution < -0.4 is 0 Å². The van der Waals surface area contributed by atoms with Crippen LogP contribution >= 0.6 is 0 Å². The van der Waals surface area contributed by atoms with Crippen molar-refractivity contribution in [2.24, 2.45) is 0 Å². The van der Waals surface area contributed by atoms with Crippen molar-refractivity contribution in [3.05, 3.63) is 12.2 Å². The molecule has 0 bridgehead atoms. The van der Waals surface area contributed by atoms with Crippen molar-refractivity contribution in [3.63, 3.8) is 0 Å². The number of aromatic nitrogens is 3. The average Bonchev–Trinajstić information content (AvgIpc) is 2.95. The number of esters is 1. The first kappa shape index (κ1) is 14.0. The smallest absolute Gasteiger partial charge is 0.323 e. The Bertz CT molecular complexity index is 446. The molecular formula is C12H20N4O3. The molecule has 19 heavy (non-hydrogen) atoms. The van der Waals surface area contributed by atoms with Crippen molar-refractivity contribution in [3.8, 4) is 0 Å². The number of β-amino-alcohol motifs (C(OH)–C–C–N with tert-alkyl or cyclic N) is 1. The lowest BCUT2D eigenvalue weighted by molar-refractivity contribution is -0.146. The Morgan fingerprint density at radius 2 is 2.37 bits per heavy atom. The molecule has 1 aliphatic heterocycles. The van der Waals surface area contributed by atoms with E-state index in [0.717, 1.165) is 5.82 Å². The number of aliphatic hydroxyl groups excluding tert-OH is 1. The Hall–Kier alpha value is -1.47. The number of carbonyl (C=O) groups is 1. The van der Waals surface area contributed by atoms with Crippen LogP contribution in [-0.2, 0) is 16.1 Å². The van der Waals surface area contributed by atoms with Crippen LogP contribution in [0, 0.1) is 0 Å². The summed E-state index contributed by atoms with van der Waals surface area (Å²) in [5, 5.41) is 13.9. The fourth-order valence-electron chi connectivity index (χ4n) is 2.44. The monoisotopic (exact) mass is 268 g/mol. The molecule has 0 spiro atoms. The van der Waals surface area contributed by atoms with Gasteiger partial charge in [-0.15, -0.1) is 0 Å². The molecule has 1 aromatic heterocycles. The van der Waals surface area contributed by atoms with Crippen LogP contribution in [0.15, 0.2) is 6.33 Å². The van der Waals surface area contributed by atoms with Crippen molar-refractivity contribution in [1.82, 2.24) is 19.7 Å². The first-order valence-electron chi connectivity index (χ1n) is 6.41. The number of ether oxygens (including phenoxy) is 1. The molecule has 0 aliphatic carbocycles. The standard InChI is InChI=1S/C12H20N4O3/c1-8(2)16-11(13-7-14-16)6-15-5-9(17)4-10(15)12(18)19-3/h7-10,17H,4-6H2,1-3H3. The molecule has 7 nitrogen and oxygen atoms in total. The maximum Gasteiger partial charge on any atom is 0.323 e. The van der Waals surface area contributed by atoms with Crippen LogP contribution in [0.4, 0.5) is 0 Å². The quantitative estimate of drug-likeness (QED) is 0.772. The number of nitrogens with zero attached hydrogens (tertiary/aromatic N) is 4. The molecule has 106 valence electrons. The highest BCUT2D eigenvalue weighted by Crippen LogP contribution is 2.21. The molecule has 1 aromatic rings. The van der Waals surface area contributed by atoms with E-state index >= 15 is 0 Å². The van der Waals surface area contributed by atoms with Crippen molar-refractivity contribution in [2.75, 3.05) is 13.7 Å². The highest BCUT2D eigenvalue weighted by Gasteiger charge is 2.37. The first-order chi connectivity index (χ1) is 9.02. The summed E-state index contributed by atoms with van der Waals surface area (Å²) in [6.45, 7) is 4.98. The molecule has 1 N–H and O–H groups in total. The fourth-order valence-corrected chi connectivity index (χ4v) is 2.44. The van der Waals surface area contributed by atoms with Gasteiger partial charge in [-0.1, -0.05) is 0 Å². The molecule has 2 atom stereocenters. The lowest BCUT2D eigenvalue weighted by atomic mass is 10.2. The van der Waals surface area contributed by atoms with Gasteiger partial charge in [-0.3, -0.25) is 9.69 Å². The molecule has 1 fully saturated rings. The summed E-state index contributed by atoms with van der Waals surface area (Å²) < 4.78 is 6.59. The van der Waals surface area contributed by atoms with Crippen LogP contribution in [0.5, 0.6) is 0 Å². The highest BCUT2D eigenvalue weighted by atomic mass is 16.5. The summed E-state index contributed by atoms with van der Waals surface area (Å²) in [6.07, 6.45) is 1.41. The van der Waals surface area contributed by atoms with E-state index in [1.807, 2.05) is 23.4 Å². The highest BCUT2D eigenvalue weighted by molar-refractivity contribution is 5.76. The maximum atomic E-state index is 11.7. The largest absolute Gasteiger partial charge is 0.468 e. The van der Waals surface area contributed by atoms with Crippen molar-refractivity contribution in [1.29, 1.82) is 0 Å². The number of hydrogen-bond acceptors (Lipinski definition) is 6. The zero-order valence-electron chi connectivity index (χ0n) is 11.5. The van der Waals surface area contributed by atoms with Crippen molar-refractivity contribution in [2.45, 2.75) is 45.0 Å². The molecule has 7 heteroatoms. The lowest BCUT2D eigenvalue weighted by Gasteiger charge is -2.22. The van der Waals surface area contributed by atoms with Gasteiger partial charge < -0.3 is 9.84 Å². The van der Waals surface area contributed by atoms with Gasteiger partial charge >= 0.3 is 5.97 Å². The van der Waals surface area contributed by atoms with E-state index in [9.17, 15) is 9.90 Å². The SMILES string of the molecule is COC(=O)C1CC(O)CN1Cc1ncnn1C(C)C. The van der Waals surface area contributed by atoms with Gasteiger partial charge in [-0.2, -0.15) is 5.10 Å². The predicted molar refractivity (Wildman–Crippen MR) is 67.2 cm³/mol. The zero-order chi connectivity index (χ0) is 14.0. The van der Waals surface area contributed by atoms with E-state index in [1.54, 1.807) is 0 Å². The van der Waals surface area contributed by atoms with Gasteiger partial charge in [-0.05, 0) is 13.8 Å². The van der Waals surface area contributed by atoms with Gasteiger partial charge in [0, 0.05) is 19.0 Å². The molecule has 2 unspecified atom stereocenters. The maximum absolute atomic E-state index is 11.7. The fraction of sp³-hybridized carbons (Fsp3) is 0.750. The van der Waals surface area contributed by atoms with Gasteiger partial charge in [0.15, 0.2) is 0 Å². The molecule has 1 saturated heterocycles. The molecular weight excluding hydrogens is 248 g/mol. The molecule has 0 amide bonds. The predicted octanol–water partition coefficient (Wildman–Crippen LogP) is -0.0328. The van der Waals surface area contributed by atoms with Crippen molar-refractivity contribution >= 4 is 5.97 Å². The lowest BCUT2D eigenvalue weighted by Crippen LogP contribution is -2.37. The number of likely N-dealkylation sites (tertiary alicyclic amines) is 1. The van der Waals surface area contributed by atoms with Gasteiger partial charge in [0.05, 0.1) is 19.8 Å². The second-order valence-corrected chi connectivity index (χ2v) is 5.07. The van der Waals surface area contributed by atoms with Crippen LogP contribution in [0.25, 0.3) is 0 Å². The minimum absolute atomic E-state index is 0.210. The van der Waals surface area contributed by atoms with E-state index < -0.39 is 12.1 Å². The summed E-state index contributed by atoms with van der Waals surface area (Å²) in [5.41, 5.74) is 0. The number of hydrogen-bond donors (Lipinski definition) is 1. The molecule has 0 radical (unpaired) electrons. The van der Waals surface area contributed by atoms with Crippen LogP contribution in [0.2, 0.25) is 0 Å². The summed E-state index contributed by atoms with van der Waals surface area (Å²) >= 11 is 0. The number of carbonyl (C=O) groups excluding carboxylic acids is 1. The molecule has 1 aliphatic rings. The summed E-state index contributed by atoms with van der Waals surface area (Å²) in [6, 6.07) is -0.195. The van der Waals surface area contributed by atoms with Crippen LogP contribution in [0.3, 0.4) is 0 Å². The molecule has 2 rings (SSSR count). The van der Waals surface area contributed by atoms with E-state index in [1.165, 1.54) is 13.4 Å². The Labute approximate surface area is 112 Å². The second kappa shape index (κ2) is 5.66. The van der Waals surface area contributed by atoms with E-state index in [4.69, 9.17) is 4.74 Å². The summed E-state index contributed by atoms with van der Waals surface area (Å²) in [7, 11) is 1.36. The van der Waals surface area contributed by atoms with E-state index in [2.05, 4.69) is 10.1 Å². The van der Waals surface area contributed by atoms with Gasteiger partial charge in [0.2, 0.25) is 0 Å². The average molecular weight is 268 g/mol. The number of aliphatic hydroxyl groups is 1. The van der Waals surface area contributed by atoms with Gasteiger partial charge in [-0.25, -0.2) is 9.67 Å². The van der Waals surface area contributed by atoms with Gasteiger partial charge in [0.25, 0.3) is 0 Å². The molecule has 0 aromatic carbocycles. The third-order valence-electron chi connectivity index (χ3n) is 3.34. The topological polar surface area (TPSA) is 80.5 Å². The normalized spacial score (nSPS) is 24.1. The number of rotatable bonds is 4. The number of methoxy groups -OCH3 is 1. The Morgan fingerprint density at radius 3 is 3.00 bits per heavy atom. The van der Waals surface area contributed by atoms with Gasteiger partial charge in [0.1, 0.15) is 18.2 Å². The summed E-state index contributed by atoms with van der Waals surface area (Å²) in [4.78, 5) is 17.8. The zero-order valence-corrected chi connectivity index (χ0v) is 11.5. The van der Waals surface area contributed by atoms with Crippen LogP contribution in [-0.4, -0.2) is 56.5 Å². The third-order valence-corrected chi connectivity index (χ3v) is 3.34. The Morgan fingerprint density at radius 1 is 1.63 bits per heavy atom. The minimum atomic E-state index is -0.500. The summed E-state index contributed by atoms with van der Waals surface area (Å²) in [5.74, 6) is 0.477. The van der Waals surface area contributed by atoms with Crippen molar-refractivity contribution < 1.29 is 14.6 Å². The van der Waals surface area contributed by atoms with E-state index in [0.29, 0.717) is 19.5 Å². The Balaban J connectivity index is 2.12. The first-order valence-corrected chi connectivity index (χ1v) is 6.41.